The molecular formula is C17H21NO3. The van der Waals surface area contributed by atoms with Gasteiger partial charge in [0.15, 0.2) is 0 Å². The molecular weight excluding hydrogens is 266 g/mol. The number of methoxy groups -OCH3 is 1. The summed E-state index contributed by atoms with van der Waals surface area (Å²) in [4.78, 5) is 12.4. The summed E-state index contributed by atoms with van der Waals surface area (Å²) in [5.41, 5.74) is 1.60. The van der Waals surface area contributed by atoms with E-state index >= 15 is 0 Å². The standard InChI is InChI=1S/C17H21NO3/c1-17(2,3)12-7-8-15(20-4)14(10-12)16(19)18-11-13-6-5-9-21-13/h5-10H,11H2,1-4H3,(H,18,19). The fourth-order valence-corrected chi connectivity index (χ4v) is 2.03. The molecule has 0 spiro atoms. The van der Waals surface area contributed by atoms with E-state index < -0.39 is 0 Å². The Labute approximate surface area is 125 Å². The maximum atomic E-state index is 12.4. The molecule has 4 heteroatoms. The molecule has 1 aromatic heterocycles. The van der Waals surface area contributed by atoms with Crippen LogP contribution in [0.5, 0.6) is 5.75 Å². The molecule has 0 fully saturated rings. The van der Waals surface area contributed by atoms with Gasteiger partial charge in [-0.1, -0.05) is 26.8 Å². The molecule has 1 heterocycles. The van der Waals surface area contributed by atoms with Crippen molar-refractivity contribution in [3.63, 3.8) is 0 Å². The summed E-state index contributed by atoms with van der Waals surface area (Å²) < 4.78 is 10.5. The molecule has 0 radical (unpaired) electrons. The number of furan rings is 1. The quantitative estimate of drug-likeness (QED) is 0.936. The third kappa shape index (κ3) is 3.66. The predicted molar refractivity (Wildman–Crippen MR) is 81.6 cm³/mol. The highest BCUT2D eigenvalue weighted by Gasteiger charge is 2.19. The molecule has 0 saturated heterocycles. The van der Waals surface area contributed by atoms with E-state index in [2.05, 4.69) is 26.1 Å². The third-order valence-corrected chi connectivity index (χ3v) is 3.31. The van der Waals surface area contributed by atoms with Crippen molar-refractivity contribution in [3.05, 3.63) is 53.5 Å². The van der Waals surface area contributed by atoms with Crippen molar-refractivity contribution in [1.82, 2.24) is 5.32 Å². The molecule has 0 unspecified atom stereocenters. The van der Waals surface area contributed by atoms with Gasteiger partial charge >= 0.3 is 0 Å². The number of ether oxygens (including phenoxy) is 1. The second kappa shape index (κ2) is 6.04. The fraction of sp³-hybridized carbons (Fsp3) is 0.353. The molecule has 21 heavy (non-hydrogen) atoms. The maximum absolute atomic E-state index is 12.4. The van der Waals surface area contributed by atoms with E-state index in [9.17, 15) is 4.79 Å². The number of amides is 1. The first-order valence-electron chi connectivity index (χ1n) is 6.91. The number of carbonyl (C=O) groups excluding carboxylic acids is 1. The Morgan fingerprint density at radius 2 is 2.05 bits per heavy atom. The zero-order valence-corrected chi connectivity index (χ0v) is 12.9. The number of benzene rings is 1. The van der Waals surface area contributed by atoms with Gasteiger partial charge in [-0.3, -0.25) is 4.79 Å². The molecule has 0 bridgehead atoms. The minimum atomic E-state index is -0.172. The monoisotopic (exact) mass is 287 g/mol. The van der Waals surface area contributed by atoms with Gasteiger partial charge in [-0.15, -0.1) is 0 Å². The minimum absolute atomic E-state index is 0.0255. The molecule has 1 aromatic carbocycles. The third-order valence-electron chi connectivity index (χ3n) is 3.31. The highest BCUT2D eigenvalue weighted by Crippen LogP contribution is 2.28. The lowest BCUT2D eigenvalue weighted by Crippen LogP contribution is -2.24. The molecule has 0 saturated carbocycles. The molecule has 2 rings (SSSR count). The first kappa shape index (κ1) is 15.2. The van der Waals surface area contributed by atoms with Gasteiger partial charge in [0.25, 0.3) is 5.91 Å². The zero-order valence-electron chi connectivity index (χ0n) is 12.9. The van der Waals surface area contributed by atoms with E-state index in [0.29, 0.717) is 23.6 Å². The van der Waals surface area contributed by atoms with Crippen LogP contribution in [0.3, 0.4) is 0 Å². The first-order valence-corrected chi connectivity index (χ1v) is 6.91. The van der Waals surface area contributed by atoms with Crippen LogP contribution in [0.1, 0.15) is 42.5 Å². The van der Waals surface area contributed by atoms with Crippen molar-refractivity contribution in [2.45, 2.75) is 32.7 Å². The predicted octanol–water partition coefficient (Wildman–Crippen LogP) is 3.52. The van der Waals surface area contributed by atoms with Crippen LogP contribution < -0.4 is 10.1 Å². The number of carbonyl (C=O) groups is 1. The Morgan fingerprint density at radius 3 is 2.62 bits per heavy atom. The SMILES string of the molecule is COc1ccc(C(C)(C)C)cc1C(=O)NCc1ccco1. The lowest BCUT2D eigenvalue weighted by molar-refractivity contribution is 0.0945. The largest absolute Gasteiger partial charge is 0.496 e. The van der Waals surface area contributed by atoms with Gasteiger partial charge in [-0.25, -0.2) is 0 Å². The van der Waals surface area contributed by atoms with Gasteiger partial charge in [-0.2, -0.15) is 0 Å². The average Bonchev–Trinajstić information content (AvgIpc) is 2.96. The second-order valence-electron chi connectivity index (χ2n) is 5.93. The molecule has 0 aliphatic heterocycles. The summed E-state index contributed by atoms with van der Waals surface area (Å²) in [6, 6.07) is 9.33. The van der Waals surface area contributed by atoms with Gasteiger partial charge in [-0.05, 0) is 35.2 Å². The lowest BCUT2D eigenvalue weighted by Gasteiger charge is -2.20. The summed E-state index contributed by atoms with van der Waals surface area (Å²) in [5, 5.41) is 2.84. The van der Waals surface area contributed by atoms with Crippen molar-refractivity contribution in [1.29, 1.82) is 0 Å². The van der Waals surface area contributed by atoms with Crippen LogP contribution in [0.2, 0.25) is 0 Å². The van der Waals surface area contributed by atoms with E-state index in [1.165, 1.54) is 0 Å². The van der Waals surface area contributed by atoms with Crippen molar-refractivity contribution in [2.75, 3.05) is 7.11 Å². The van der Waals surface area contributed by atoms with Gasteiger partial charge in [0.2, 0.25) is 0 Å². The van der Waals surface area contributed by atoms with E-state index in [-0.39, 0.29) is 11.3 Å². The Kier molecular flexibility index (Phi) is 4.36. The number of hydrogen-bond acceptors (Lipinski definition) is 3. The van der Waals surface area contributed by atoms with Crippen LogP contribution in [0.15, 0.2) is 41.0 Å². The Balaban J connectivity index is 2.21. The van der Waals surface area contributed by atoms with E-state index in [1.807, 2.05) is 24.3 Å². The van der Waals surface area contributed by atoms with Gasteiger partial charge in [0, 0.05) is 0 Å². The molecule has 0 aliphatic rings. The van der Waals surface area contributed by atoms with E-state index in [0.717, 1.165) is 5.56 Å². The Hall–Kier alpha value is -2.23. The van der Waals surface area contributed by atoms with Gasteiger partial charge in [0.1, 0.15) is 11.5 Å². The highest BCUT2D eigenvalue weighted by molar-refractivity contribution is 5.97. The van der Waals surface area contributed by atoms with Crippen LogP contribution in [0.4, 0.5) is 0 Å². The summed E-state index contributed by atoms with van der Waals surface area (Å²) in [5.74, 6) is 1.11. The second-order valence-corrected chi connectivity index (χ2v) is 5.93. The van der Waals surface area contributed by atoms with Gasteiger partial charge < -0.3 is 14.5 Å². The normalized spacial score (nSPS) is 11.2. The van der Waals surface area contributed by atoms with Crippen molar-refractivity contribution in [3.8, 4) is 5.75 Å². The van der Waals surface area contributed by atoms with Crippen molar-refractivity contribution >= 4 is 5.91 Å². The Morgan fingerprint density at radius 1 is 1.29 bits per heavy atom. The topological polar surface area (TPSA) is 51.5 Å². The van der Waals surface area contributed by atoms with Crippen LogP contribution >= 0.6 is 0 Å². The average molecular weight is 287 g/mol. The summed E-state index contributed by atoms with van der Waals surface area (Å²) in [6.07, 6.45) is 1.59. The number of hydrogen-bond donors (Lipinski definition) is 1. The lowest BCUT2D eigenvalue weighted by atomic mass is 9.86. The summed E-state index contributed by atoms with van der Waals surface area (Å²) in [7, 11) is 1.56. The smallest absolute Gasteiger partial charge is 0.255 e. The number of rotatable bonds is 4. The molecule has 0 aliphatic carbocycles. The van der Waals surface area contributed by atoms with Gasteiger partial charge in [0.05, 0.1) is 25.5 Å². The zero-order chi connectivity index (χ0) is 15.5. The van der Waals surface area contributed by atoms with Crippen LogP contribution in [0, 0.1) is 0 Å². The molecule has 0 atom stereocenters. The molecule has 1 amide bonds. The fourth-order valence-electron chi connectivity index (χ4n) is 2.03. The van der Waals surface area contributed by atoms with Crippen molar-refractivity contribution in [2.24, 2.45) is 0 Å². The van der Waals surface area contributed by atoms with E-state index in [1.54, 1.807) is 19.4 Å². The molecule has 2 aromatic rings. The number of nitrogens with one attached hydrogen (secondary N) is 1. The molecule has 1 N–H and O–H groups in total. The maximum Gasteiger partial charge on any atom is 0.255 e. The highest BCUT2D eigenvalue weighted by atomic mass is 16.5. The van der Waals surface area contributed by atoms with Crippen LogP contribution in [-0.2, 0) is 12.0 Å². The summed E-state index contributed by atoms with van der Waals surface area (Å²) >= 11 is 0. The van der Waals surface area contributed by atoms with Crippen molar-refractivity contribution < 1.29 is 13.9 Å². The molecule has 4 nitrogen and oxygen atoms in total. The van der Waals surface area contributed by atoms with Crippen LogP contribution in [0.25, 0.3) is 0 Å². The molecule has 112 valence electrons. The summed E-state index contributed by atoms with van der Waals surface area (Å²) in [6.45, 7) is 6.69. The Bertz CT molecular complexity index is 609. The first-order chi connectivity index (χ1) is 9.91. The minimum Gasteiger partial charge on any atom is -0.496 e. The van der Waals surface area contributed by atoms with E-state index in [4.69, 9.17) is 9.15 Å². The van der Waals surface area contributed by atoms with Crippen LogP contribution in [-0.4, -0.2) is 13.0 Å².